The molecule has 0 rings (SSSR count). The van der Waals surface area contributed by atoms with Gasteiger partial charge < -0.3 is 4.74 Å². The Morgan fingerprint density at radius 2 is 1.58 bits per heavy atom. The molecular weight excluding hydrogens is 148 g/mol. The molecule has 74 valence electrons. The lowest BCUT2D eigenvalue weighted by Crippen LogP contribution is -2.30. The van der Waals surface area contributed by atoms with E-state index in [0.29, 0.717) is 5.41 Å². The van der Waals surface area contributed by atoms with Gasteiger partial charge >= 0.3 is 0 Å². The SMILES string of the molecule is CCCC(C)(C)CC(C)(C)OC. The van der Waals surface area contributed by atoms with Gasteiger partial charge in [0.2, 0.25) is 0 Å². The molecule has 1 heteroatoms. The summed E-state index contributed by atoms with van der Waals surface area (Å²) in [6.07, 6.45) is 3.66. The average Bonchev–Trinajstić information content (AvgIpc) is 1.85. The van der Waals surface area contributed by atoms with Crippen molar-refractivity contribution in [1.29, 1.82) is 0 Å². The maximum atomic E-state index is 5.42. The van der Waals surface area contributed by atoms with E-state index in [1.165, 1.54) is 12.8 Å². The van der Waals surface area contributed by atoms with Crippen LogP contribution in [-0.2, 0) is 4.74 Å². The van der Waals surface area contributed by atoms with Crippen molar-refractivity contribution in [1.82, 2.24) is 0 Å². The third-order valence-electron chi connectivity index (χ3n) is 2.38. The molecule has 0 aliphatic heterocycles. The lowest BCUT2D eigenvalue weighted by molar-refractivity contribution is -0.0147. The van der Waals surface area contributed by atoms with Crippen LogP contribution in [0, 0.1) is 5.41 Å². The average molecular weight is 172 g/mol. The van der Waals surface area contributed by atoms with E-state index < -0.39 is 0 Å². The molecule has 0 radical (unpaired) electrons. The van der Waals surface area contributed by atoms with Crippen molar-refractivity contribution in [3.63, 3.8) is 0 Å². The molecule has 0 aromatic rings. The molecule has 0 aromatic heterocycles. The van der Waals surface area contributed by atoms with Crippen LogP contribution in [0.2, 0.25) is 0 Å². The third kappa shape index (κ3) is 4.76. The molecule has 0 unspecified atom stereocenters. The summed E-state index contributed by atoms with van der Waals surface area (Å²) in [5, 5.41) is 0. The summed E-state index contributed by atoms with van der Waals surface area (Å²) < 4.78 is 5.42. The van der Waals surface area contributed by atoms with E-state index in [1.54, 1.807) is 7.11 Å². The fourth-order valence-corrected chi connectivity index (χ4v) is 1.99. The van der Waals surface area contributed by atoms with E-state index in [1.807, 2.05) is 0 Å². The Balaban J connectivity index is 4.04. The highest BCUT2D eigenvalue weighted by Crippen LogP contribution is 2.33. The Morgan fingerprint density at radius 1 is 1.08 bits per heavy atom. The van der Waals surface area contributed by atoms with Crippen LogP contribution in [0.1, 0.15) is 53.9 Å². The van der Waals surface area contributed by atoms with Crippen LogP contribution in [0.25, 0.3) is 0 Å². The summed E-state index contributed by atoms with van der Waals surface area (Å²) in [5.41, 5.74) is 0.437. The van der Waals surface area contributed by atoms with Gasteiger partial charge in [-0.3, -0.25) is 0 Å². The van der Waals surface area contributed by atoms with E-state index in [2.05, 4.69) is 34.6 Å². The van der Waals surface area contributed by atoms with E-state index in [0.717, 1.165) is 6.42 Å². The molecule has 0 aliphatic rings. The Bertz CT molecular complexity index is 125. The van der Waals surface area contributed by atoms with Crippen molar-refractivity contribution >= 4 is 0 Å². The summed E-state index contributed by atoms with van der Waals surface area (Å²) in [6, 6.07) is 0. The number of hydrogen-bond donors (Lipinski definition) is 0. The predicted octanol–water partition coefficient (Wildman–Crippen LogP) is 3.63. The molecule has 0 N–H and O–H groups in total. The van der Waals surface area contributed by atoms with Gasteiger partial charge in [0, 0.05) is 7.11 Å². The predicted molar refractivity (Wildman–Crippen MR) is 54.4 cm³/mol. The van der Waals surface area contributed by atoms with Gasteiger partial charge in [0.15, 0.2) is 0 Å². The first kappa shape index (κ1) is 12.0. The van der Waals surface area contributed by atoms with Crippen molar-refractivity contribution in [2.24, 2.45) is 5.41 Å². The molecule has 0 spiro atoms. The van der Waals surface area contributed by atoms with Crippen molar-refractivity contribution in [2.45, 2.75) is 59.5 Å². The maximum Gasteiger partial charge on any atom is 0.0627 e. The first-order valence-electron chi connectivity index (χ1n) is 4.88. The highest BCUT2D eigenvalue weighted by atomic mass is 16.5. The van der Waals surface area contributed by atoms with Crippen LogP contribution < -0.4 is 0 Å². The largest absolute Gasteiger partial charge is 0.379 e. The van der Waals surface area contributed by atoms with Gasteiger partial charge in [-0.15, -0.1) is 0 Å². The monoisotopic (exact) mass is 172 g/mol. The molecule has 0 aliphatic carbocycles. The van der Waals surface area contributed by atoms with Crippen LogP contribution in [-0.4, -0.2) is 12.7 Å². The second-order valence-corrected chi connectivity index (χ2v) is 5.05. The van der Waals surface area contributed by atoms with Gasteiger partial charge in [0.1, 0.15) is 0 Å². The van der Waals surface area contributed by atoms with E-state index in [-0.39, 0.29) is 5.60 Å². The summed E-state index contributed by atoms with van der Waals surface area (Å²) in [5.74, 6) is 0. The summed E-state index contributed by atoms with van der Waals surface area (Å²) in [4.78, 5) is 0. The highest BCUT2D eigenvalue weighted by molar-refractivity contribution is 4.79. The summed E-state index contributed by atoms with van der Waals surface area (Å²) in [7, 11) is 1.79. The van der Waals surface area contributed by atoms with Crippen molar-refractivity contribution < 1.29 is 4.74 Å². The standard InChI is InChI=1S/C11H24O/c1-7-8-10(2,3)9-11(4,5)12-6/h7-9H2,1-6H3. The highest BCUT2D eigenvalue weighted by Gasteiger charge is 2.27. The smallest absolute Gasteiger partial charge is 0.0627 e. The zero-order valence-electron chi connectivity index (χ0n) is 9.53. The minimum atomic E-state index is 0.0265. The van der Waals surface area contributed by atoms with Crippen LogP contribution in [0.5, 0.6) is 0 Å². The Morgan fingerprint density at radius 3 is 1.92 bits per heavy atom. The van der Waals surface area contributed by atoms with Crippen LogP contribution in [0.15, 0.2) is 0 Å². The molecule has 0 heterocycles. The van der Waals surface area contributed by atoms with Crippen molar-refractivity contribution in [3.8, 4) is 0 Å². The van der Waals surface area contributed by atoms with Crippen LogP contribution >= 0.6 is 0 Å². The molecule has 0 saturated carbocycles. The van der Waals surface area contributed by atoms with Gasteiger partial charge in [-0.25, -0.2) is 0 Å². The molecule has 0 atom stereocenters. The third-order valence-corrected chi connectivity index (χ3v) is 2.38. The van der Waals surface area contributed by atoms with Crippen molar-refractivity contribution in [3.05, 3.63) is 0 Å². The van der Waals surface area contributed by atoms with Gasteiger partial charge in [-0.1, -0.05) is 27.2 Å². The zero-order valence-corrected chi connectivity index (χ0v) is 9.53. The molecule has 12 heavy (non-hydrogen) atoms. The zero-order chi connectivity index (χ0) is 9.83. The van der Waals surface area contributed by atoms with Gasteiger partial charge in [-0.2, -0.15) is 0 Å². The van der Waals surface area contributed by atoms with Gasteiger partial charge in [0.05, 0.1) is 5.60 Å². The molecule has 0 aromatic carbocycles. The molecule has 1 nitrogen and oxygen atoms in total. The molecule has 0 amide bonds. The second kappa shape index (κ2) is 4.27. The van der Waals surface area contributed by atoms with E-state index in [9.17, 15) is 0 Å². The second-order valence-electron chi connectivity index (χ2n) is 5.05. The minimum absolute atomic E-state index is 0.0265. The molecule has 0 saturated heterocycles. The Hall–Kier alpha value is -0.0400. The number of rotatable bonds is 5. The van der Waals surface area contributed by atoms with E-state index in [4.69, 9.17) is 4.74 Å². The van der Waals surface area contributed by atoms with Gasteiger partial charge in [0.25, 0.3) is 0 Å². The summed E-state index contributed by atoms with van der Waals surface area (Å²) >= 11 is 0. The Kier molecular flexibility index (Phi) is 4.25. The molecule has 0 bridgehead atoms. The summed E-state index contributed by atoms with van der Waals surface area (Å²) in [6.45, 7) is 11.2. The normalized spacial score (nSPS) is 13.5. The minimum Gasteiger partial charge on any atom is -0.379 e. The number of hydrogen-bond acceptors (Lipinski definition) is 1. The molecule has 0 fully saturated rings. The fraction of sp³-hybridized carbons (Fsp3) is 1.00. The fourth-order valence-electron chi connectivity index (χ4n) is 1.99. The first-order valence-corrected chi connectivity index (χ1v) is 4.88. The number of ether oxygens (including phenoxy) is 1. The Labute approximate surface area is 77.5 Å². The maximum absolute atomic E-state index is 5.42. The first-order chi connectivity index (χ1) is 5.33. The topological polar surface area (TPSA) is 9.23 Å². The van der Waals surface area contributed by atoms with Crippen LogP contribution in [0.3, 0.4) is 0 Å². The van der Waals surface area contributed by atoms with E-state index >= 15 is 0 Å². The number of methoxy groups -OCH3 is 1. The van der Waals surface area contributed by atoms with Gasteiger partial charge in [-0.05, 0) is 32.1 Å². The van der Waals surface area contributed by atoms with Crippen molar-refractivity contribution in [2.75, 3.05) is 7.11 Å². The lowest BCUT2D eigenvalue weighted by atomic mass is 9.78. The molecular formula is C11H24O. The van der Waals surface area contributed by atoms with Crippen LogP contribution in [0.4, 0.5) is 0 Å². The lowest BCUT2D eigenvalue weighted by Gasteiger charge is -2.33. The quantitative estimate of drug-likeness (QED) is 0.615.